The van der Waals surface area contributed by atoms with Crippen molar-refractivity contribution in [1.82, 2.24) is 0 Å². The fraction of sp³-hybridized carbons (Fsp3) is 1.00. The molecule has 0 aromatic carbocycles. The molecular formula is C3H3Cl2F5. The van der Waals surface area contributed by atoms with Gasteiger partial charge in [0, 0.05) is 0 Å². The van der Waals surface area contributed by atoms with Crippen LogP contribution >= 0.6 is 23.2 Å². The molecule has 7 heteroatoms. The van der Waals surface area contributed by atoms with Gasteiger partial charge in [-0.15, -0.1) is 0 Å². The SMILES string of the molecule is F.FCC(F)(F)C(F)(Cl)Cl. The Balaban J connectivity index is 0. The molecule has 0 aliphatic heterocycles. The zero-order valence-corrected chi connectivity index (χ0v) is 5.89. The zero-order valence-electron chi connectivity index (χ0n) is 4.38. The first-order valence-corrected chi connectivity index (χ1v) is 2.57. The molecule has 0 radical (unpaired) electrons. The number of halogens is 7. The summed E-state index contributed by atoms with van der Waals surface area (Å²) in [5, 5.41) is 0. The third kappa shape index (κ3) is 2.88. The van der Waals surface area contributed by atoms with Crippen LogP contribution in [0.2, 0.25) is 0 Å². The Morgan fingerprint density at radius 3 is 1.40 bits per heavy atom. The summed E-state index contributed by atoms with van der Waals surface area (Å²) in [4.78, 5) is 0. The zero-order chi connectivity index (χ0) is 7.71. The Morgan fingerprint density at radius 2 is 1.40 bits per heavy atom. The van der Waals surface area contributed by atoms with Gasteiger partial charge < -0.3 is 0 Å². The minimum Gasteiger partial charge on any atom is -0.269 e. The van der Waals surface area contributed by atoms with Gasteiger partial charge >= 0.3 is 10.5 Å². The normalized spacial score (nSPS) is 12.6. The monoisotopic (exact) mass is 204 g/mol. The number of hydrogen-bond acceptors (Lipinski definition) is 0. The van der Waals surface area contributed by atoms with Crippen LogP contribution in [0.4, 0.5) is 22.3 Å². The fourth-order valence-electron chi connectivity index (χ4n) is 0.0758. The van der Waals surface area contributed by atoms with Gasteiger partial charge in [0.2, 0.25) is 0 Å². The predicted octanol–water partition coefficient (Wildman–Crippen LogP) is 2.84. The lowest BCUT2D eigenvalue weighted by molar-refractivity contribution is -0.0753. The van der Waals surface area contributed by atoms with E-state index < -0.39 is 17.2 Å². The van der Waals surface area contributed by atoms with Crippen molar-refractivity contribution in [2.75, 3.05) is 6.67 Å². The maximum absolute atomic E-state index is 11.7. The Kier molecular flexibility index (Phi) is 4.60. The third-order valence-corrected chi connectivity index (χ3v) is 1.14. The molecule has 0 bridgehead atoms. The molecule has 10 heavy (non-hydrogen) atoms. The lowest BCUT2D eigenvalue weighted by Crippen LogP contribution is -2.36. The molecule has 0 saturated heterocycles. The summed E-state index contributed by atoms with van der Waals surface area (Å²) in [6.45, 7) is -2.21. The van der Waals surface area contributed by atoms with E-state index in [0.29, 0.717) is 0 Å². The molecule has 0 aliphatic carbocycles. The third-order valence-electron chi connectivity index (χ3n) is 0.583. The predicted molar refractivity (Wildman–Crippen MR) is 29.0 cm³/mol. The average Bonchev–Trinajstić information content (AvgIpc) is 1.64. The van der Waals surface area contributed by atoms with Gasteiger partial charge in [-0.2, -0.15) is 8.78 Å². The van der Waals surface area contributed by atoms with Crippen molar-refractivity contribution in [2.45, 2.75) is 10.5 Å². The smallest absolute Gasteiger partial charge is 0.269 e. The van der Waals surface area contributed by atoms with Crippen LogP contribution < -0.4 is 0 Å². The molecular weight excluding hydrogens is 202 g/mol. The summed E-state index contributed by atoms with van der Waals surface area (Å²) in [5.74, 6) is -4.32. The van der Waals surface area contributed by atoms with Crippen LogP contribution in [0.1, 0.15) is 0 Å². The first-order valence-electron chi connectivity index (χ1n) is 1.82. The first-order chi connectivity index (χ1) is 3.81. The van der Waals surface area contributed by atoms with E-state index in [2.05, 4.69) is 23.2 Å². The summed E-state index contributed by atoms with van der Waals surface area (Å²) in [6.07, 6.45) is 0. The molecule has 0 nitrogen and oxygen atoms in total. The van der Waals surface area contributed by atoms with Crippen molar-refractivity contribution >= 4 is 23.2 Å². The van der Waals surface area contributed by atoms with Gasteiger partial charge in [-0.05, 0) is 0 Å². The molecule has 0 atom stereocenters. The molecule has 0 amide bonds. The molecule has 0 N–H and O–H groups in total. The van der Waals surface area contributed by atoms with E-state index in [9.17, 15) is 17.6 Å². The van der Waals surface area contributed by atoms with E-state index in [0.717, 1.165) is 0 Å². The van der Waals surface area contributed by atoms with Gasteiger partial charge in [0.25, 0.3) is 0 Å². The van der Waals surface area contributed by atoms with Crippen LogP contribution in [0.15, 0.2) is 0 Å². The van der Waals surface area contributed by atoms with Crippen LogP contribution in [-0.4, -0.2) is 17.2 Å². The van der Waals surface area contributed by atoms with E-state index in [1.54, 1.807) is 0 Å². The summed E-state index contributed by atoms with van der Waals surface area (Å²) in [5.41, 5.74) is 0. The van der Waals surface area contributed by atoms with E-state index in [1.165, 1.54) is 0 Å². The molecule has 0 unspecified atom stereocenters. The van der Waals surface area contributed by atoms with E-state index in [4.69, 9.17) is 0 Å². The van der Waals surface area contributed by atoms with Gasteiger partial charge in [-0.1, -0.05) is 23.2 Å². The summed E-state index contributed by atoms with van der Waals surface area (Å²) in [6, 6.07) is 0. The number of rotatable bonds is 2. The minimum absolute atomic E-state index is 0. The quantitative estimate of drug-likeness (QED) is 0.480. The maximum atomic E-state index is 11.7. The van der Waals surface area contributed by atoms with Crippen LogP contribution in [0.5, 0.6) is 0 Å². The Labute approximate surface area is 63.5 Å². The highest BCUT2D eigenvalue weighted by Crippen LogP contribution is 2.39. The molecule has 0 saturated carbocycles. The molecule has 0 heterocycles. The highest BCUT2D eigenvalue weighted by atomic mass is 35.5. The highest BCUT2D eigenvalue weighted by Gasteiger charge is 2.52. The molecule has 0 aromatic heterocycles. The van der Waals surface area contributed by atoms with Crippen molar-refractivity contribution in [3.8, 4) is 0 Å². The average molecular weight is 205 g/mol. The Hall–Kier alpha value is 0.230. The Bertz CT molecular complexity index is 97.6. The Morgan fingerprint density at radius 1 is 1.10 bits per heavy atom. The van der Waals surface area contributed by atoms with Crippen molar-refractivity contribution < 1.29 is 22.3 Å². The molecule has 0 aromatic rings. The summed E-state index contributed by atoms with van der Waals surface area (Å²) < 4.78 is 42.3. The van der Waals surface area contributed by atoms with E-state index in [-0.39, 0.29) is 4.70 Å². The maximum Gasteiger partial charge on any atom is 0.337 e. The van der Waals surface area contributed by atoms with Gasteiger partial charge in [0.15, 0.2) is 6.67 Å². The van der Waals surface area contributed by atoms with Crippen LogP contribution in [-0.2, 0) is 0 Å². The van der Waals surface area contributed by atoms with Gasteiger partial charge in [0.1, 0.15) is 0 Å². The van der Waals surface area contributed by atoms with Crippen molar-refractivity contribution in [1.29, 1.82) is 0 Å². The van der Waals surface area contributed by atoms with Crippen molar-refractivity contribution in [3.63, 3.8) is 0 Å². The van der Waals surface area contributed by atoms with Gasteiger partial charge in [-0.25, -0.2) is 8.78 Å². The van der Waals surface area contributed by atoms with Crippen LogP contribution in [0.25, 0.3) is 0 Å². The van der Waals surface area contributed by atoms with E-state index in [1.807, 2.05) is 0 Å². The second-order valence-electron chi connectivity index (χ2n) is 1.34. The number of hydrogen-bond donors (Lipinski definition) is 0. The molecule has 0 rings (SSSR count). The minimum atomic E-state index is -4.32. The molecule has 64 valence electrons. The van der Waals surface area contributed by atoms with Crippen LogP contribution in [0.3, 0.4) is 0 Å². The topological polar surface area (TPSA) is 0 Å². The van der Waals surface area contributed by atoms with E-state index >= 15 is 0 Å². The molecule has 0 spiro atoms. The van der Waals surface area contributed by atoms with Crippen LogP contribution in [0, 0.1) is 0 Å². The first kappa shape index (κ1) is 12.9. The fourth-order valence-corrected chi connectivity index (χ4v) is 0.177. The van der Waals surface area contributed by atoms with Gasteiger partial charge in [-0.3, -0.25) is 4.70 Å². The molecule has 0 fully saturated rings. The lowest BCUT2D eigenvalue weighted by atomic mass is 10.4. The summed E-state index contributed by atoms with van der Waals surface area (Å²) in [7, 11) is 0. The van der Waals surface area contributed by atoms with Gasteiger partial charge in [0.05, 0.1) is 0 Å². The van der Waals surface area contributed by atoms with Crippen molar-refractivity contribution in [3.05, 3.63) is 0 Å². The summed E-state index contributed by atoms with van der Waals surface area (Å²) >= 11 is 8.47. The second-order valence-corrected chi connectivity index (χ2v) is 2.57. The number of alkyl halides is 6. The van der Waals surface area contributed by atoms with Crippen molar-refractivity contribution in [2.24, 2.45) is 0 Å². The largest absolute Gasteiger partial charge is 0.337 e. The second kappa shape index (κ2) is 3.57. The molecule has 0 aliphatic rings. The standard InChI is InChI=1S/C3H2Cl2F4.FH/c4-3(5,9)2(7,8)1-6;/h1H2;1H. The lowest BCUT2D eigenvalue weighted by Gasteiger charge is -2.18. The highest BCUT2D eigenvalue weighted by molar-refractivity contribution is 6.47.